The summed E-state index contributed by atoms with van der Waals surface area (Å²) in [5, 5.41) is 0. The van der Waals surface area contributed by atoms with Gasteiger partial charge in [-0.1, -0.05) is 22.0 Å². The third kappa shape index (κ3) is 3.03. The molecule has 0 saturated carbocycles. The average Bonchev–Trinajstić information content (AvgIpc) is 2.36. The van der Waals surface area contributed by atoms with Gasteiger partial charge in [0.05, 0.1) is 0 Å². The van der Waals surface area contributed by atoms with E-state index >= 15 is 0 Å². The van der Waals surface area contributed by atoms with Crippen molar-refractivity contribution in [3.8, 4) is 11.6 Å². The monoisotopic (exact) mass is 325 g/mol. The maximum Gasteiger partial charge on any atom is 0.222 e. The summed E-state index contributed by atoms with van der Waals surface area (Å²) in [5.41, 5.74) is 3.04. The van der Waals surface area contributed by atoms with Gasteiger partial charge in [-0.2, -0.15) is 0 Å². The zero-order chi connectivity index (χ0) is 13.1. The summed E-state index contributed by atoms with van der Waals surface area (Å²) in [6.45, 7) is 3.97. The molecule has 0 aliphatic carbocycles. The minimum atomic E-state index is 0.462. The molecule has 94 valence electrons. The quantitative estimate of drug-likeness (QED) is 0.741. The van der Waals surface area contributed by atoms with Gasteiger partial charge in [-0.15, -0.1) is 11.6 Å². The molecule has 0 amide bonds. The van der Waals surface area contributed by atoms with Crippen LogP contribution in [0.5, 0.6) is 11.6 Å². The smallest absolute Gasteiger partial charge is 0.222 e. The van der Waals surface area contributed by atoms with E-state index in [0.29, 0.717) is 11.8 Å². The molecule has 0 fully saturated rings. The van der Waals surface area contributed by atoms with Crippen LogP contribution in [0.1, 0.15) is 16.7 Å². The number of aromatic nitrogens is 1. The van der Waals surface area contributed by atoms with E-state index in [9.17, 15) is 0 Å². The lowest BCUT2D eigenvalue weighted by atomic mass is 10.2. The molecule has 2 aromatic rings. The second-order valence-electron chi connectivity index (χ2n) is 4.11. The molecule has 2 nitrogen and oxygen atoms in total. The van der Waals surface area contributed by atoms with Gasteiger partial charge in [-0.3, -0.25) is 0 Å². The lowest BCUT2D eigenvalue weighted by Crippen LogP contribution is -1.94. The number of hydrogen-bond acceptors (Lipinski definition) is 2. The number of alkyl halides is 1. The molecule has 0 N–H and O–H groups in total. The highest BCUT2D eigenvalue weighted by Gasteiger charge is 2.07. The number of nitrogens with zero attached hydrogens (tertiary/aromatic N) is 1. The molecule has 2 rings (SSSR count). The van der Waals surface area contributed by atoms with Crippen molar-refractivity contribution in [2.45, 2.75) is 19.7 Å². The average molecular weight is 327 g/mol. The van der Waals surface area contributed by atoms with E-state index in [2.05, 4.69) is 20.9 Å². The zero-order valence-electron chi connectivity index (χ0n) is 10.2. The molecule has 0 spiro atoms. The predicted molar refractivity (Wildman–Crippen MR) is 77.5 cm³/mol. The fraction of sp³-hybridized carbons (Fsp3) is 0.214. The van der Waals surface area contributed by atoms with Crippen LogP contribution < -0.4 is 4.74 Å². The molecule has 0 unspecified atom stereocenters. The van der Waals surface area contributed by atoms with Crippen LogP contribution in [0.4, 0.5) is 0 Å². The van der Waals surface area contributed by atoms with E-state index in [0.717, 1.165) is 26.9 Å². The van der Waals surface area contributed by atoms with E-state index in [-0.39, 0.29) is 0 Å². The third-order valence-corrected chi connectivity index (χ3v) is 3.40. The number of ether oxygens (including phenoxy) is 1. The maximum absolute atomic E-state index is 5.84. The molecule has 0 saturated heterocycles. The molecule has 1 aromatic heterocycles. The van der Waals surface area contributed by atoms with Crippen molar-refractivity contribution >= 4 is 27.5 Å². The second kappa shape index (κ2) is 5.72. The number of rotatable bonds is 3. The molecule has 1 heterocycles. The van der Waals surface area contributed by atoms with Crippen LogP contribution in [-0.4, -0.2) is 4.98 Å². The van der Waals surface area contributed by atoms with Gasteiger partial charge in [0.1, 0.15) is 5.75 Å². The first kappa shape index (κ1) is 13.4. The van der Waals surface area contributed by atoms with Crippen LogP contribution in [0.25, 0.3) is 0 Å². The Hall–Kier alpha value is -1.06. The van der Waals surface area contributed by atoms with Crippen LogP contribution in [-0.2, 0) is 5.88 Å². The van der Waals surface area contributed by atoms with Crippen LogP contribution >= 0.6 is 27.5 Å². The van der Waals surface area contributed by atoms with E-state index < -0.39 is 0 Å². The number of aryl methyl sites for hydroxylation is 2. The van der Waals surface area contributed by atoms with Crippen LogP contribution in [0.15, 0.2) is 34.9 Å². The van der Waals surface area contributed by atoms with Gasteiger partial charge in [0.2, 0.25) is 5.88 Å². The summed E-state index contributed by atoms with van der Waals surface area (Å²) in [6.07, 6.45) is 1.74. The van der Waals surface area contributed by atoms with E-state index in [1.54, 1.807) is 6.20 Å². The van der Waals surface area contributed by atoms with Gasteiger partial charge in [-0.25, -0.2) is 4.98 Å². The molecular weight excluding hydrogens is 314 g/mol. The molecule has 4 heteroatoms. The first-order chi connectivity index (χ1) is 8.60. The molecule has 0 aliphatic heterocycles. The molecule has 1 aromatic carbocycles. The lowest BCUT2D eigenvalue weighted by molar-refractivity contribution is 0.455. The summed E-state index contributed by atoms with van der Waals surface area (Å²) in [4.78, 5) is 4.29. The fourth-order valence-corrected chi connectivity index (χ4v) is 2.07. The topological polar surface area (TPSA) is 22.1 Å². The van der Waals surface area contributed by atoms with Gasteiger partial charge in [-0.05, 0) is 43.2 Å². The highest BCUT2D eigenvalue weighted by Crippen LogP contribution is 2.29. The molecule has 0 radical (unpaired) electrons. The Morgan fingerprint density at radius 2 is 2.00 bits per heavy atom. The molecule has 0 atom stereocenters. The summed E-state index contributed by atoms with van der Waals surface area (Å²) < 4.78 is 6.82. The van der Waals surface area contributed by atoms with Crippen molar-refractivity contribution < 1.29 is 4.74 Å². The Morgan fingerprint density at radius 1 is 1.22 bits per heavy atom. The molecule has 0 aliphatic rings. The summed E-state index contributed by atoms with van der Waals surface area (Å²) in [7, 11) is 0. The minimum absolute atomic E-state index is 0.462. The van der Waals surface area contributed by atoms with Crippen molar-refractivity contribution in [3.05, 3.63) is 51.6 Å². The lowest BCUT2D eigenvalue weighted by Gasteiger charge is -2.10. The zero-order valence-corrected chi connectivity index (χ0v) is 12.5. The van der Waals surface area contributed by atoms with Gasteiger partial charge in [0.15, 0.2) is 0 Å². The molecule has 0 bridgehead atoms. The summed E-state index contributed by atoms with van der Waals surface area (Å²) in [6, 6.07) is 7.91. The minimum Gasteiger partial charge on any atom is -0.438 e. The SMILES string of the molecule is Cc1ccc(Br)cc1Oc1ncc(CCl)cc1C. The Balaban J connectivity index is 2.31. The van der Waals surface area contributed by atoms with E-state index in [1.807, 2.05) is 38.1 Å². The first-order valence-corrected chi connectivity index (χ1v) is 6.88. The Morgan fingerprint density at radius 3 is 2.67 bits per heavy atom. The highest BCUT2D eigenvalue weighted by atomic mass is 79.9. The van der Waals surface area contributed by atoms with Gasteiger partial charge in [0.25, 0.3) is 0 Å². The van der Waals surface area contributed by atoms with Crippen LogP contribution in [0.3, 0.4) is 0 Å². The van der Waals surface area contributed by atoms with Crippen molar-refractivity contribution in [2.24, 2.45) is 0 Å². The predicted octanol–water partition coefficient (Wildman–Crippen LogP) is 4.99. The fourth-order valence-electron chi connectivity index (χ4n) is 1.59. The standard InChI is InChI=1S/C14H13BrClNO/c1-9-3-4-12(15)6-13(9)18-14-10(2)5-11(7-16)8-17-14/h3-6,8H,7H2,1-2H3. The normalized spacial score (nSPS) is 10.4. The van der Waals surface area contributed by atoms with Gasteiger partial charge >= 0.3 is 0 Å². The Kier molecular flexibility index (Phi) is 4.25. The third-order valence-electron chi connectivity index (χ3n) is 2.60. The number of halogens is 2. The van der Waals surface area contributed by atoms with E-state index in [1.165, 1.54) is 0 Å². The summed E-state index contributed by atoms with van der Waals surface area (Å²) >= 11 is 9.20. The Bertz CT molecular complexity index is 572. The van der Waals surface area contributed by atoms with Crippen molar-refractivity contribution in [2.75, 3.05) is 0 Å². The van der Waals surface area contributed by atoms with Gasteiger partial charge < -0.3 is 4.74 Å². The molecular formula is C14H13BrClNO. The number of hydrogen-bond donors (Lipinski definition) is 0. The van der Waals surface area contributed by atoms with Crippen molar-refractivity contribution in [1.29, 1.82) is 0 Å². The van der Waals surface area contributed by atoms with Crippen LogP contribution in [0.2, 0.25) is 0 Å². The summed E-state index contributed by atoms with van der Waals surface area (Å²) in [5.74, 6) is 1.88. The number of benzene rings is 1. The van der Waals surface area contributed by atoms with Gasteiger partial charge in [0, 0.05) is 22.1 Å². The van der Waals surface area contributed by atoms with Crippen LogP contribution in [0, 0.1) is 13.8 Å². The van der Waals surface area contributed by atoms with E-state index in [4.69, 9.17) is 16.3 Å². The largest absolute Gasteiger partial charge is 0.438 e. The van der Waals surface area contributed by atoms with Crippen molar-refractivity contribution in [1.82, 2.24) is 4.98 Å². The maximum atomic E-state index is 5.84. The number of pyridine rings is 1. The second-order valence-corrected chi connectivity index (χ2v) is 5.29. The van der Waals surface area contributed by atoms with Crippen molar-refractivity contribution in [3.63, 3.8) is 0 Å². The highest BCUT2D eigenvalue weighted by molar-refractivity contribution is 9.10. The molecule has 18 heavy (non-hydrogen) atoms. The first-order valence-electron chi connectivity index (χ1n) is 5.55. The Labute approximate surface area is 120 Å².